The fourth-order valence-electron chi connectivity index (χ4n) is 3.63. The van der Waals surface area contributed by atoms with Crippen LogP contribution in [0, 0.1) is 5.41 Å². The van der Waals surface area contributed by atoms with Gasteiger partial charge in [0.15, 0.2) is 5.96 Å². The highest BCUT2D eigenvalue weighted by atomic mass is 32.1. The first-order valence-electron chi connectivity index (χ1n) is 9.43. The van der Waals surface area contributed by atoms with Crippen molar-refractivity contribution in [1.82, 2.24) is 20.1 Å². The zero-order chi connectivity index (χ0) is 20.0. The first kappa shape index (κ1) is 21.6. The van der Waals surface area contributed by atoms with E-state index < -0.39 is 0 Å². The highest BCUT2D eigenvalue weighted by Crippen LogP contribution is 2.39. The minimum atomic E-state index is -0.317. The van der Waals surface area contributed by atoms with Crippen LogP contribution in [-0.4, -0.2) is 68.5 Å². The molecule has 152 valence electrons. The molecule has 1 unspecified atom stereocenters. The number of methoxy groups -OCH3 is 1. The van der Waals surface area contributed by atoms with Crippen LogP contribution in [0.25, 0.3) is 0 Å². The van der Waals surface area contributed by atoms with Crippen LogP contribution in [0.3, 0.4) is 0 Å². The van der Waals surface area contributed by atoms with Gasteiger partial charge in [0.1, 0.15) is 11.1 Å². The summed E-state index contributed by atoms with van der Waals surface area (Å²) in [5.74, 6) is 0.991. The third kappa shape index (κ3) is 5.19. The number of carbonyl (C=O) groups excluding carboxylic acids is 1. The van der Waals surface area contributed by atoms with E-state index in [2.05, 4.69) is 20.7 Å². The van der Waals surface area contributed by atoms with Crippen LogP contribution in [-0.2, 0) is 16.1 Å². The van der Waals surface area contributed by atoms with Crippen LogP contribution in [0.15, 0.2) is 10.4 Å². The topological polar surface area (TPSA) is 70.1 Å². The Morgan fingerprint density at radius 2 is 2.07 bits per heavy atom. The third-order valence-corrected chi connectivity index (χ3v) is 6.30. The molecule has 1 saturated carbocycles. The molecule has 1 aliphatic carbocycles. The Labute approximate surface area is 166 Å². The molecular formula is C19H33N5O2S. The summed E-state index contributed by atoms with van der Waals surface area (Å²) in [7, 11) is 9.13. The van der Waals surface area contributed by atoms with Gasteiger partial charge in [0.2, 0.25) is 5.91 Å². The van der Waals surface area contributed by atoms with E-state index in [0.29, 0.717) is 13.1 Å². The lowest BCUT2D eigenvalue weighted by atomic mass is 9.84. The first-order chi connectivity index (χ1) is 12.8. The average molecular weight is 396 g/mol. The van der Waals surface area contributed by atoms with Gasteiger partial charge in [-0.2, -0.15) is 0 Å². The summed E-state index contributed by atoms with van der Waals surface area (Å²) in [6.07, 6.45) is 4.08. The normalized spacial score (nSPS) is 17.6. The van der Waals surface area contributed by atoms with Crippen LogP contribution < -0.4 is 5.32 Å². The van der Waals surface area contributed by atoms with E-state index >= 15 is 0 Å². The molecule has 27 heavy (non-hydrogen) atoms. The van der Waals surface area contributed by atoms with Crippen LogP contribution in [0.5, 0.6) is 0 Å². The second kappa shape index (κ2) is 9.50. The number of guanidine groups is 1. The maximum absolute atomic E-state index is 12.7. The van der Waals surface area contributed by atoms with Gasteiger partial charge in [-0.05, 0) is 19.8 Å². The van der Waals surface area contributed by atoms with Crippen molar-refractivity contribution >= 4 is 23.2 Å². The van der Waals surface area contributed by atoms with Crippen LogP contribution in [0.4, 0.5) is 0 Å². The second-order valence-electron chi connectivity index (χ2n) is 7.50. The van der Waals surface area contributed by atoms with Crippen molar-refractivity contribution in [2.75, 3.05) is 41.8 Å². The number of amides is 1. The zero-order valence-corrected chi connectivity index (χ0v) is 18.2. The number of carbonyl (C=O) groups is 1. The van der Waals surface area contributed by atoms with Gasteiger partial charge in [-0.25, -0.2) is 4.98 Å². The molecule has 1 fully saturated rings. The summed E-state index contributed by atoms with van der Waals surface area (Å²) in [5, 5.41) is 6.46. The fourth-order valence-corrected chi connectivity index (χ4v) is 4.47. The number of nitrogens with zero attached hydrogens (tertiary/aromatic N) is 4. The SMILES string of the molecule is CN=C(NCC1(C(=O)N(C)C)CCCC1)N(C)Cc1csc(C(C)OC)n1. The molecule has 0 aromatic carbocycles. The van der Waals surface area contributed by atoms with E-state index in [0.717, 1.165) is 42.3 Å². The molecule has 7 nitrogen and oxygen atoms in total. The number of aliphatic imine (C=N–C) groups is 1. The number of hydrogen-bond donors (Lipinski definition) is 1. The first-order valence-corrected chi connectivity index (χ1v) is 10.3. The molecule has 1 heterocycles. The van der Waals surface area contributed by atoms with Gasteiger partial charge in [0.05, 0.1) is 17.7 Å². The van der Waals surface area contributed by atoms with Crippen molar-refractivity contribution in [1.29, 1.82) is 0 Å². The Balaban J connectivity index is 1.99. The van der Waals surface area contributed by atoms with Crippen molar-refractivity contribution < 1.29 is 9.53 Å². The Bertz CT molecular complexity index is 652. The quantitative estimate of drug-likeness (QED) is 0.567. The molecule has 2 rings (SSSR count). The summed E-state index contributed by atoms with van der Waals surface area (Å²) in [6.45, 7) is 3.26. The Kier molecular flexibility index (Phi) is 7.61. The minimum Gasteiger partial charge on any atom is -0.375 e. The van der Waals surface area contributed by atoms with E-state index in [1.807, 2.05) is 33.0 Å². The zero-order valence-electron chi connectivity index (χ0n) is 17.4. The van der Waals surface area contributed by atoms with Gasteiger partial charge in [-0.3, -0.25) is 9.79 Å². The van der Waals surface area contributed by atoms with E-state index in [9.17, 15) is 4.79 Å². The van der Waals surface area contributed by atoms with Crippen molar-refractivity contribution in [3.63, 3.8) is 0 Å². The predicted molar refractivity (Wildman–Crippen MR) is 110 cm³/mol. The molecule has 1 amide bonds. The van der Waals surface area contributed by atoms with E-state index in [4.69, 9.17) is 4.74 Å². The van der Waals surface area contributed by atoms with Gasteiger partial charge < -0.3 is 19.9 Å². The smallest absolute Gasteiger partial charge is 0.230 e. The maximum atomic E-state index is 12.7. The van der Waals surface area contributed by atoms with Gasteiger partial charge >= 0.3 is 0 Å². The Hall–Kier alpha value is -1.67. The lowest BCUT2D eigenvalue weighted by Crippen LogP contribution is -2.49. The van der Waals surface area contributed by atoms with Crippen LogP contribution in [0.1, 0.15) is 49.4 Å². The molecule has 1 aromatic rings. The van der Waals surface area contributed by atoms with Crippen LogP contribution >= 0.6 is 11.3 Å². The van der Waals surface area contributed by atoms with E-state index in [-0.39, 0.29) is 17.4 Å². The summed E-state index contributed by atoms with van der Waals surface area (Å²) < 4.78 is 5.33. The van der Waals surface area contributed by atoms with Gasteiger partial charge in [-0.15, -0.1) is 11.3 Å². The molecule has 1 atom stereocenters. The number of rotatable bonds is 7. The molecule has 0 radical (unpaired) electrons. The van der Waals surface area contributed by atoms with E-state index in [1.165, 1.54) is 0 Å². The summed E-state index contributed by atoms with van der Waals surface area (Å²) in [6, 6.07) is 0. The standard InChI is InChI=1S/C19H33N5O2S/c1-14(26-6)16-22-15(12-27-16)11-24(5)18(20-2)21-13-19(9-7-8-10-19)17(25)23(3)4/h12,14H,7-11,13H2,1-6H3,(H,20,21). The predicted octanol–water partition coefficient (Wildman–Crippen LogP) is 2.51. The third-order valence-electron chi connectivity index (χ3n) is 5.25. The molecule has 0 spiro atoms. The highest BCUT2D eigenvalue weighted by molar-refractivity contribution is 7.09. The Morgan fingerprint density at radius 3 is 2.63 bits per heavy atom. The molecule has 8 heteroatoms. The number of aromatic nitrogens is 1. The molecule has 1 aliphatic rings. The van der Waals surface area contributed by atoms with Gasteiger partial charge in [0, 0.05) is 47.2 Å². The molecule has 0 aliphatic heterocycles. The monoisotopic (exact) mass is 395 g/mol. The van der Waals surface area contributed by atoms with Gasteiger partial charge in [-0.1, -0.05) is 12.8 Å². The van der Waals surface area contributed by atoms with Gasteiger partial charge in [0.25, 0.3) is 0 Å². The number of nitrogens with one attached hydrogen (secondary N) is 1. The molecule has 1 aromatic heterocycles. The minimum absolute atomic E-state index is 0.00534. The Morgan fingerprint density at radius 1 is 1.41 bits per heavy atom. The molecule has 0 saturated heterocycles. The number of ether oxygens (including phenoxy) is 1. The molecular weight excluding hydrogens is 362 g/mol. The van der Waals surface area contributed by atoms with Crippen molar-refractivity contribution in [2.24, 2.45) is 10.4 Å². The molecule has 1 N–H and O–H groups in total. The number of thiazole rings is 1. The lowest BCUT2D eigenvalue weighted by Gasteiger charge is -2.32. The van der Waals surface area contributed by atoms with Crippen molar-refractivity contribution in [2.45, 2.75) is 45.3 Å². The van der Waals surface area contributed by atoms with Crippen LogP contribution in [0.2, 0.25) is 0 Å². The number of hydrogen-bond acceptors (Lipinski definition) is 5. The summed E-state index contributed by atoms with van der Waals surface area (Å²) in [4.78, 5) is 25.5. The maximum Gasteiger partial charge on any atom is 0.230 e. The average Bonchev–Trinajstić information content (AvgIpc) is 3.31. The lowest BCUT2D eigenvalue weighted by molar-refractivity contribution is -0.138. The highest BCUT2D eigenvalue weighted by Gasteiger charge is 2.42. The largest absolute Gasteiger partial charge is 0.375 e. The molecule has 0 bridgehead atoms. The van der Waals surface area contributed by atoms with Crippen molar-refractivity contribution in [3.05, 3.63) is 16.1 Å². The fraction of sp³-hybridized carbons (Fsp3) is 0.737. The summed E-state index contributed by atoms with van der Waals surface area (Å²) in [5.41, 5.74) is 0.673. The summed E-state index contributed by atoms with van der Waals surface area (Å²) >= 11 is 1.61. The second-order valence-corrected chi connectivity index (χ2v) is 8.39. The van der Waals surface area contributed by atoms with Crippen molar-refractivity contribution in [3.8, 4) is 0 Å². The van der Waals surface area contributed by atoms with E-state index in [1.54, 1.807) is 30.4 Å².